The van der Waals surface area contributed by atoms with Crippen LogP contribution in [0.15, 0.2) is 30.3 Å². The number of likely N-dealkylation sites (tertiary alicyclic amines) is 1. The van der Waals surface area contributed by atoms with E-state index in [1.807, 2.05) is 35.2 Å². The number of piperidine rings is 1. The van der Waals surface area contributed by atoms with Crippen LogP contribution in [0.3, 0.4) is 0 Å². The van der Waals surface area contributed by atoms with Crippen molar-refractivity contribution >= 4 is 11.6 Å². The van der Waals surface area contributed by atoms with Crippen molar-refractivity contribution in [2.24, 2.45) is 11.8 Å². The van der Waals surface area contributed by atoms with E-state index in [4.69, 9.17) is 0 Å². The second-order valence-corrected chi connectivity index (χ2v) is 5.68. The van der Waals surface area contributed by atoms with Crippen molar-refractivity contribution in [2.45, 2.75) is 26.7 Å². The number of carbonyl (C=O) groups is 1. The minimum absolute atomic E-state index is 0.214. The number of amides is 1. The van der Waals surface area contributed by atoms with Gasteiger partial charge in [0.1, 0.15) is 0 Å². The zero-order chi connectivity index (χ0) is 13.7. The van der Waals surface area contributed by atoms with E-state index in [1.54, 1.807) is 0 Å². The average Bonchev–Trinajstić information content (AvgIpc) is 2.46. The highest BCUT2D eigenvalue weighted by Crippen LogP contribution is 2.24. The molecule has 1 N–H and O–H groups in total. The lowest BCUT2D eigenvalue weighted by Crippen LogP contribution is -2.42. The van der Waals surface area contributed by atoms with E-state index >= 15 is 0 Å². The molecule has 1 aromatic rings. The van der Waals surface area contributed by atoms with Gasteiger partial charge in [-0.25, -0.2) is 0 Å². The smallest absolute Gasteiger partial charge is 0.241 e. The van der Waals surface area contributed by atoms with Crippen LogP contribution in [0, 0.1) is 11.8 Å². The molecule has 0 aromatic heterocycles. The molecule has 1 saturated heterocycles. The average molecular weight is 260 g/mol. The Hall–Kier alpha value is -1.51. The normalized spacial score (nSPS) is 16.7. The van der Waals surface area contributed by atoms with Gasteiger partial charge in [-0.1, -0.05) is 32.0 Å². The van der Waals surface area contributed by atoms with Crippen LogP contribution in [0.5, 0.6) is 0 Å². The third-order valence-corrected chi connectivity index (χ3v) is 4.05. The van der Waals surface area contributed by atoms with Gasteiger partial charge in [0, 0.05) is 18.8 Å². The molecule has 0 spiro atoms. The Labute approximate surface area is 116 Å². The molecule has 2 rings (SSSR count). The number of nitrogens with zero attached hydrogens (tertiary/aromatic N) is 1. The predicted octanol–water partition coefficient (Wildman–Crippen LogP) is 2.99. The van der Waals surface area contributed by atoms with Crippen LogP contribution in [-0.2, 0) is 4.79 Å². The van der Waals surface area contributed by atoms with Crippen LogP contribution >= 0.6 is 0 Å². The Morgan fingerprint density at radius 3 is 2.47 bits per heavy atom. The van der Waals surface area contributed by atoms with Gasteiger partial charge in [-0.05, 0) is 36.8 Å². The van der Waals surface area contributed by atoms with Crippen molar-refractivity contribution in [1.82, 2.24) is 4.90 Å². The monoisotopic (exact) mass is 260 g/mol. The molecule has 0 radical (unpaired) electrons. The summed E-state index contributed by atoms with van der Waals surface area (Å²) in [5.41, 5.74) is 1.01. The summed E-state index contributed by atoms with van der Waals surface area (Å²) in [5, 5.41) is 3.18. The maximum atomic E-state index is 12.1. The maximum absolute atomic E-state index is 12.1. The number of hydrogen-bond acceptors (Lipinski definition) is 2. The second kappa shape index (κ2) is 6.60. The Kier molecular flexibility index (Phi) is 4.83. The minimum atomic E-state index is 0.214. The van der Waals surface area contributed by atoms with Crippen LogP contribution < -0.4 is 5.32 Å². The number of para-hydroxylation sites is 1. The molecule has 1 aliphatic rings. The van der Waals surface area contributed by atoms with Crippen molar-refractivity contribution in [1.29, 1.82) is 0 Å². The van der Waals surface area contributed by atoms with Crippen LogP contribution in [0.1, 0.15) is 26.7 Å². The molecule has 19 heavy (non-hydrogen) atoms. The first kappa shape index (κ1) is 13.9. The van der Waals surface area contributed by atoms with Gasteiger partial charge in [-0.2, -0.15) is 0 Å². The zero-order valence-corrected chi connectivity index (χ0v) is 11.9. The summed E-state index contributed by atoms with van der Waals surface area (Å²) in [7, 11) is 0. The topological polar surface area (TPSA) is 32.3 Å². The van der Waals surface area contributed by atoms with E-state index in [0.29, 0.717) is 6.54 Å². The molecule has 0 aliphatic carbocycles. The second-order valence-electron chi connectivity index (χ2n) is 5.68. The highest BCUT2D eigenvalue weighted by atomic mass is 16.2. The Bertz CT molecular complexity index is 394. The molecule has 0 saturated carbocycles. The first-order chi connectivity index (χ1) is 9.16. The van der Waals surface area contributed by atoms with Gasteiger partial charge in [-0.3, -0.25) is 4.79 Å². The number of nitrogens with one attached hydrogen (secondary N) is 1. The number of anilines is 1. The van der Waals surface area contributed by atoms with E-state index in [9.17, 15) is 4.79 Å². The lowest BCUT2D eigenvalue weighted by molar-refractivity contribution is -0.130. The Balaban J connectivity index is 1.76. The molecule has 0 bridgehead atoms. The fourth-order valence-corrected chi connectivity index (χ4v) is 2.66. The van der Waals surface area contributed by atoms with Gasteiger partial charge in [0.25, 0.3) is 0 Å². The first-order valence-corrected chi connectivity index (χ1v) is 7.23. The van der Waals surface area contributed by atoms with Crippen LogP contribution in [0.25, 0.3) is 0 Å². The quantitative estimate of drug-likeness (QED) is 0.902. The summed E-state index contributed by atoms with van der Waals surface area (Å²) in [6.45, 7) is 6.78. The number of carbonyl (C=O) groups excluding carboxylic acids is 1. The molecule has 1 aliphatic heterocycles. The zero-order valence-electron chi connectivity index (χ0n) is 11.9. The summed E-state index contributed by atoms with van der Waals surface area (Å²) >= 11 is 0. The molecule has 104 valence electrons. The van der Waals surface area contributed by atoms with Gasteiger partial charge in [-0.15, -0.1) is 0 Å². The number of rotatable bonds is 4. The molecule has 1 aromatic carbocycles. The number of hydrogen-bond donors (Lipinski definition) is 1. The molecule has 0 unspecified atom stereocenters. The molecule has 1 amide bonds. The lowest BCUT2D eigenvalue weighted by Gasteiger charge is -2.34. The van der Waals surface area contributed by atoms with Gasteiger partial charge in [0.05, 0.1) is 6.54 Å². The van der Waals surface area contributed by atoms with Crippen LogP contribution in [-0.4, -0.2) is 30.4 Å². The third kappa shape index (κ3) is 3.98. The molecular weight excluding hydrogens is 236 g/mol. The van der Waals surface area contributed by atoms with E-state index in [0.717, 1.165) is 43.5 Å². The highest BCUT2D eigenvalue weighted by Gasteiger charge is 2.24. The van der Waals surface area contributed by atoms with E-state index in [-0.39, 0.29) is 5.91 Å². The molecule has 0 atom stereocenters. The fourth-order valence-electron chi connectivity index (χ4n) is 2.66. The Morgan fingerprint density at radius 2 is 1.89 bits per heavy atom. The maximum Gasteiger partial charge on any atom is 0.241 e. The van der Waals surface area contributed by atoms with E-state index in [2.05, 4.69) is 19.2 Å². The standard InChI is InChI=1S/C16H24N2O/c1-13(2)14-8-10-18(11-9-14)16(19)12-17-15-6-4-3-5-7-15/h3-7,13-14,17H,8-12H2,1-2H3. The van der Waals surface area contributed by atoms with Crippen molar-refractivity contribution in [3.63, 3.8) is 0 Å². The van der Waals surface area contributed by atoms with Crippen LogP contribution in [0.4, 0.5) is 5.69 Å². The van der Waals surface area contributed by atoms with E-state index in [1.165, 1.54) is 0 Å². The Morgan fingerprint density at radius 1 is 1.26 bits per heavy atom. The third-order valence-electron chi connectivity index (χ3n) is 4.05. The first-order valence-electron chi connectivity index (χ1n) is 7.23. The minimum Gasteiger partial charge on any atom is -0.376 e. The van der Waals surface area contributed by atoms with Crippen molar-refractivity contribution in [3.05, 3.63) is 30.3 Å². The molecular formula is C16H24N2O. The molecule has 1 heterocycles. The lowest BCUT2D eigenvalue weighted by atomic mass is 9.87. The summed E-state index contributed by atoms with van der Waals surface area (Å²) in [6.07, 6.45) is 2.30. The number of benzene rings is 1. The molecule has 3 nitrogen and oxygen atoms in total. The molecule has 3 heteroatoms. The largest absolute Gasteiger partial charge is 0.376 e. The van der Waals surface area contributed by atoms with Crippen molar-refractivity contribution in [3.8, 4) is 0 Å². The SMILES string of the molecule is CC(C)C1CCN(C(=O)CNc2ccccc2)CC1. The van der Waals surface area contributed by atoms with Gasteiger partial charge in [0.15, 0.2) is 0 Å². The van der Waals surface area contributed by atoms with Gasteiger partial charge in [0.2, 0.25) is 5.91 Å². The summed E-state index contributed by atoms with van der Waals surface area (Å²) < 4.78 is 0. The predicted molar refractivity (Wildman–Crippen MR) is 79.1 cm³/mol. The summed E-state index contributed by atoms with van der Waals surface area (Å²) in [5.74, 6) is 1.73. The van der Waals surface area contributed by atoms with Crippen molar-refractivity contribution < 1.29 is 4.79 Å². The van der Waals surface area contributed by atoms with Crippen molar-refractivity contribution in [2.75, 3.05) is 25.0 Å². The van der Waals surface area contributed by atoms with Gasteiger partial charge < -0.3 is 10.2 Å². The van der Waals surface area contributed by atoms with Gasteiger partial charge >= 0.3 is 0 Å². The fraction of sp³-hybridized carbons (Fsp3) is 0.562. The molecule has 1 fully saturated rings. The summed E-state index contributed by atoms with van der Waals surface area (Å²) in [6, 6.07) is 9.89. The van der Waals surface area contributed by atoms with E-state index < -0.39 is 0 Å². The highest BCUT2D eigenvalue weighted by molar-refractivity contribution is 5.80. The summed E-state index contributed by atoms with van der Waals surface area (Å²) in [4.78, 5) is 14.1. The van der Waals surface area contributed by atoms with Crippen LogP contribution in [0.2, 0.25) is 0 Å².